The molecule has 1 amide bonds. The highest BCUT2D eigenvalue weighted by molar-refractivity contribution is 6.65. The summed E-state index contributed by atoms with van der Waals surface area (Å²) in [6, 6.07) is 7.29. The molecule has 0 radical (unpaired) electrons. The third-order valence-corrected chi connectivity index (χ3v) is 7.79. The number of carbonyl (C=O) groups excluding carboxylic acids is 1. The molecule has 2 aromatic rings. The highest BCUT2D eigenvalue weighted by Gasteiger charge is 2.47. The number of carbonyl (C=O) groups is 1. The molecule has 16 heteroatoms. The van der Waals surface area contributed by atoms with Crippen molar-refractivity contribution in [1.82, 2.24) is 5.32 Å². The molecule has 0 aromatic heterocycles. The Kier molecular flexibility index (Phi) is 12.0. The van der Waals surface area contributed by atoms with Crippen molar-refractivity contribution in [1.29, 1.82) is 0 Å². The summed E-state index contributed by atoms with van der Waals surface area (Å²) in [6.07, 6.45) is -1.16. The first-order valence-corrected chi connectivity index (χ1v) is 15.1. The van der Waals surface area contributed by atoms with Crippen LogP contribution < -0.4 is 31.4 Å². The fourth-order valence-corrected chi connectivity index (χ4v) is 5.85. The molecule has 10 nitrogen and oxygen atoms in total. The summed E-state index contributed by atoms with van der Waals surface area (Å²) < 4.78 is 40.8. The zero-order chi connectivity index (χ0) is 31.3. The summed E-state index contributed by atoms with van der Waals surface area (Å²) in [5, 5.41) is 3.94. The maximum Gasteiger partial charge on any atom is 0.499 e. The van der Waals surface area contributed by atoms with E-state index in [1.807, 2.05) is 66.7 Å². The molecule has 45 heavy (non-hydrogen) atoms. The van der Waals surface area contributed by atoms with Gasteiger partial charge < -0.3 is 43.9 Å². The maximum absolute atomic E-state index is 11.9. The van der Waals surface area contributed by atoms with Crippen LogP contribution in [0, 0.1) is 0 Å². The predicted molar refractivity (Wildman–Crippen MR) is 180 cm³/mol. The van der Waals surface area contributed by atoms with Crippen molar-refractivity contribution in [2.24, 2.45) is 5.73 Å². The number of rotatable bonds is 3. The number of nitrogens with one attached hydrogen (secondary N) is 1. The quantitative estimate of drug-likeness (QED) is 0.429. The first-order chi connectivity index (χ1) is 20.1. The largest absolute Gasteiger partial charge is 0.499 e. The van der Waals surface area contributed by atoms with Gasteiger partial charge in [-0.15, -0.1) is 24.8 Å². The average Bonchev–Trinajstić information content (AvgIpc) is 3.37. The van der Waals surface area contributed by atoms with Crippen LogP contribution in [0.2, 0.25) is 10.0 Å². The maximum atomic E-state index is 11.9. The van der Waals surface area contributed by atoms with Crippen LogP contribution in [-0.4, -0.2) is 63.4 Å². The summed E-state index contributed by atoms with van der Waals surface area (Å²) in [4.78, 5) is 11.9. The van der Waals surface area contributed by atoms with Gasteiger partial charge in [0.25, 0.3) is 0 Å². The van der Waals surface area contributed by atoms with E-state index in [1.165, 1.54) is 0 Å². The van der Waals surface area contributed by atoms with Gasteiger partial charge in [-0.3, -0.25) is 0 Å². The van der Waals surface area contributed by atoms with E-state index >= 15 is 0 Å². The van der Waals surface area contributed by atoms with Crippen LogP contribution in [0.5, 0.6) is 11.5 Å². The molecule has 2 aromatic carbocycles. The number of amides is 1. The van der Waals surface area contributed by atoms with Gasteiger partial charge in [-0.25, -0.2) is 4.79 Å². The molecule has 0 saturated carbocycles. The Hall–Kier alpha value is -1.60. The summed E-state index contributed by atoms with van der Waals surface area (Å²) in [5.41, 5.74) is 7.65. The second-order valence-electron chi connectivity index (χ2n) is 13.1. The number of hydrogen-bond acceptors (Lipinski definition) is 9. The van der Waals surface area contributed by atoms with Gasteiger partial charge in [-0.1, -0.05) is 23.2 Å². The van der Waals surface area contributed by atoms with E-state index in [1.54, 1.807) is 6.07 Å². The fourth-order valence-electron chi connectivity index (χ4n) is 5.28. The average molecular weight is 708 g/mol. The first-order valence-electron chi connectivity index (χ1n) is 14.3. The molecule has 0 saturated heterocycles. The molecule has 0 fully saturated rings. The van der Waals surface area contributed by atoms with Crippen LogP contribution in [0.25, 0.3) is 0 Å². The SMILES string of the molecule is CC(C)(C)OC(=O)NCC1OB2OC(C)(C)COc3ccc(Cl)c1c32.CC1(C)COc2ccc(Cl)c3c2B(OC3CN)O1.Cl.Cl. The van der Waals surface area contributed by atoms with Crippen LogP contribution in [0.4, 0.5) is 4.79 Å². The Balaban J connectivity index is 0.000000246. The molecule has 3 N–H and O–H groups in total. The standard InChI is InChI=1S/C17H23BClNO5.C12H15BClNO3.2ClH/c1-16(2,3)23-15(21)20-8-12-13-10(19)6-7-11-14(13)18(24-12)25-17(4,5)9-22-11;1-12(2)6-16-8-4-3-7(14)10-9(5-15)17-13(18-12)11(8)10;;/h6-7,12H,8-9H2,1-5H3,(H,20,21);3-4,9H,5-6,15H2,1-2H3;2*1H. The number of hydrogen-bond donors (Lipinski definition) is 2. The molecule has 6 rings (SSSR count). The molecule has 0 spiro atoms. The van der Waals surface area contributed by atoms with Crippen molar-refractivity contribution >= 4 is 79.3 Å². The second kappa shape index (κ2) is 14.3. The molecule has 0 bridgehead atoms. The molecule has 2 unspecified atom stereocenters. The minimum atomic E-state index is -0.577. The van der Waals surface area contributed by atoms with E-state index in [0.29, 0.717) is 35.6 Å². The molecule has 2 atom stereocenters. The van der Waals surface area contributed by atoms with Crippen molar-refractivity contribution in [2.45, 2.75) is 77.5 Å². The summed E-state index contributed by atoms with van der Waals surface area (Å²) in [7, 11) is -1.02. The van der Waals surface area contributed by atoms with Crippen molar-refractivity contribution in [3.63, 3.8) is 0 Å². The molecule has 4 aliphatic heterocycles. The Labute approximate surface area is 287 Å². The molecular weight excluding hydrogens is 668 g/mol. The zero-order valence-electron chi connectivity index (χ0n) is 26.4. The van der Waals surface area contributed by atoms with E-state index in [-0.39, 0.29) is 37.5 Å². The molecular formula is C29H40B2Cl4N2O8. The lowest BCUT2D eigenvalue weighted by atomic mass is 9.77. The van der Waals surface area contributed by atoms with Crippen LogP contribution in [0.1, 0.15) is 71.8 Å². The number of alkyl carbamates (subject to hydrolysis) is 1. The smallest absolute Gasteiger partial charge is 0.491 e. The van der Waals surface area contributed by atoms with Crippen LogP contribution in [0.15, 0.2) is 24.3 Å². The van der Waals surface area contributed by atoms with Gasteiger partial charge >= 0.3 is 20.3 Å². The fraction of sp³-hybridized carbons (Fsp3) is 0.552. The number of halogens is 4. The Morgan fingerprint density at radius 3 is 1.78 bits per heavy atom. The van der Waals surface area contributed by atoms with Crippen molar-refractivity contribution in [3.05, 3.63) is 45.4 Å². The van der Waals surface area contributed by atoms with Gasteiger partial charge in [0.1, 0.15) is 30.3 Å². The molecule has 0 aliphatic carbocycles. The topological polar surface area (TPSA) is 120 Å². The van der Waals surface area contributed by atoms with Crippen molar-refractivity contribution in [3.8, 4) is 11.5 Å². The van der Waals surface area contributed by atoms with Crippen LogP contribution in [-0.2, 0) is 23.4 Å². The lowest BCUT2D eigenvalue weighted by Crippen LogP contribution is -2.41. The molecule has 4 heterocycles. The highest BCUT2D eigenvalue weighted by atomic mass is 35.5. The van der Waals surface area contributed by atoms with Crippen LogP contribution in [0.3, 0.4) is 0 Å². The summed E-state index contributed by atoms with van der Waals surface area (Å²) >= 11 is 12.6. The third-order valence-electron chi connectivity index (χ3n) is 7.13. The minimum Gasteiger partial charge on any atom is -0.491 e. The Morgan fingerprint density at radius 1 is 0.889 bits per heavy atom. The Bertz CT molecular complexity index is 1400. The number of benzene rings is 2. The summed E-state index contributed by atoms with van der Waals surface area (Å²) in [6.45, 7) is 14.8. The van der Waals surface area contributed by atoms with Crippen molar-refractivity contribution < 1.29 is 37.6 Å². The van der Waals surface area contributed by atoms with Crippen LogP contribution >= 0.6 is 48.0 Å². The third kappa shape index (κ3) is 8.47. The normalized spacial score (nSPS) is 21.6. The lowest BCUT2D eigenvalue weighted by Gasteiger charge is -2.25. The monoisotopic (exact) mass is 706 g/mol. The van der Waals surface area contributed by atoms with Crippen molar-refractivity contribution in [2.75, 3.05) is 26.3 Å². The summed E-state index contributed by atoms with van der Waals surface area (Å²) in [5.74, 6) is 1.48. The molecule has 4 aliphatic rings. The second-order valence-corrected chi connectivity index (χ2v) is 13.9. The highest BCUT2D eigenvalue weighted by Crippen LogP contribution is 2.38. The van der Waals surface area contributed by atoms with Gasteiger partial charge in [0.05, 0.1) is 23.4 Å². The minimum absolute atomic E-state index is 0. The van der Waals surface area contributed by atoms with E-state index in [4.69, 9.17) is 61.8 Å². The van der Waals surface area contributed by atoms with Gasteiger partial charge in [0, 0.05) is 45.2 Å². The zero-order valence-corrected chi connectivity index (χ0v) is 29.5. The predicted octanol–water partition coefficient (Wildman–Crippen LogP) is 4.92. The van der Waals surface area contributed by atoms with Gasteiger partial charge in [0.2, 0.25) is 0 Å². The lowest BCUT2D eigenvalue weighted by molar-refractivity contribution is 0.0250. The van der Waals surface area contributed by atoms with E-state index in [0.717, 1.165) is 27.8 Å². The van der Waals surface area contributed by atoms with E-state index in [2.05, 4.69) is 5.32 Å². The van der Waals surface area contributed by atoms with Gasteiger partial charge in [0.15, 0.2) is 0 Å². The first kappa shape index (κ1) is 37.9. The Morgan fingerprint density at radius 2 is 1.33 bits per heavy atom. The van der Waals surface area contributed by atoms with E-state index < -0.39 is 43.2 Å². The molecule has 248 valence electrons. The number of ether oxygens (including phenoxy) is 3. The number of nitrogens with two attached hydrogens (primary N) is 1. The van der Waals surface area contributed by atoms with Gasteiger partial charge in [-0.2, -0.15) is 0 Å². The van der Waals surface area contributed by atoms with Gasteiger partial charge in [-0.05, 0) is 72.7 Å². The van der Waals surface area contributed by atoms with E-state index in [9.17, 15) is 4.79 Å².